The van der Waals surface area contributed by atoms with Crippen molar-refractivity contribution in [1.82, 2.24) is 15.0 Å². The fraction of sp³-hybridized carbons (Fsp3) is 0.778. The predicted octanol–water partition coefficient (Wildman–Crippen LogP) is 2.71. The average Bonchev–Trinajstić information content (AvgIpc) is 2.69. The summed E-state index contributed by atoms with van der Waals surface area (Å²) in [5.74, 6) is -0.0393. The number of nitrogens with zero attached hydrogens (tertiary/aromatic N) is 3. The molecule has 0 amide bonds. The van der Waals surface area contributed by atoms with Crippen LogP contribution in [0, 0.1) is 0 Å². The fourth-order valence-corrected chi connectivity index (χ4v) is 0.520. The summed E-state index contributed by atoms with van der Waals surface area (Å²) in [6, 6.07) is 0.262. The van der Waals surface area contributed by atoms with Gasteiger partial charge in [0.15, 0.2) is 0 Å². The second-order valence-electron chi connectivity index (χ2n) is 2.77. The van der Waals surface area contributed by atoms with Crippen LogP contribution in [-0.4, -0.2) is 33.9 Å². The van der Waals surface area contributed by atoms with Crippen molar-refractivity contribution in [2.24, 2.45) is 0 Å². The van der Waals surface area contributed by atoms with Crippen molar-refractivity contribution in [3.63, 3.8) is 0 Å². The molecule has 94 valence electrons. The zero-order valence-electron chi connectivity index (χ0n) is 10.7. The van der Waals surface area contributed by atoms with Crippen LogP contribution in [0.1, 0.15) is 33.7 Å². The third kappa shape index (κ3) is 10.4. The van der Waals surface area contributed by atoms with Gasteiger partial charge in [-0.15, -0.1) is 0 Å². The molecule has 5 nitrogen and oxygen atoms in total. The molecule has 0 saturated carbocycles. The van der Waals surface area contributed by atoms with Crippen LogP contribution in [-0.2, 0) is 23.3 Å². The van der Waals surface area contributed by atoms with Crippen LogP contribution in [0.15, 0.2) is 6.20 Å². The van der Waals surface area contributed by atoms with Crippen LogP contribution in [0.2, 0.25) is 0 Å². The van der Waals surface area contributed by atoms with Crippen molar-refractivity contribution in [1.29, 1.82) is 0 Å². The van der Waals surface area contributed by atoms with E-state index in [0.29, 0.717) is 0 Å². The van der Waals surface area contributed by atoms with E-state index in [9.17, 15) is 0 Å². The van der Waals surface area contributed by atoms with E-state index in [4.69, 9.17) is 9.63 Å². The molecule has 7 heteroatoms. The van der Waals surface area contributed by atoms with Gasteiger partial charge in [0.25, 0.3) is 5.88 Å². The quantitative estimate of drug-likeness (QED) is 0.751. The third-order valence-electron chi connectivity index (χ3n) is 1.28. The Kier molecular flexibility index (Phi) is 13.0. The van der Waals surface area contributed by atoms with Gasteiger partial charge in [0.05, 0.1) is 6.20 Å². The molecule has 1 N–H and O–H groups in total. The Balaban J connectivity index is 0. The Hall–Kier alpha value is -0.112. The van der Waals surface area contributed by atoms with E-state index in [0.717, 1.165) is 0 Å². The first-order valence-corrected chi connectivity index (χ1v) is 10.6. The number of aromatic nitrogens is 3. The number of hydrogen-bond donors (Lipinski definition) is 1. The Morgan fingerprint density at radius 3 is 2.06 bits per heavy atom. The maximum atomic E-state index is 8.71. The first kappa shape index (κ1) is 18.3. The molecule has 0 aliphatic heterocycles. The average molecular weight is 418 g/mol. The van der Waals surface area contributed by atoms with Gasteiger partial charge in [-0.2, -0.15) is 0 Å². The van der Waals surface area contributed by atoms with E-state index in [1.54, 1.807) is 30.6 Å². The van der Waals surface area contributed by atoms with E-state index in [1.807, 2.05) is 27.7 Å². The molecule has 16 heavy (non-hydrogen) atoms. The normalized spacial score (nSPS) is 9.81. The zero-order chi connectivity index (χ0) is 13.1. The van der Waals surface area contributed by atoms with E-state index in [1.165, 1.54) is 6.20 Å². The van der Waals surface area contributed by atoms with Crippen molar-refractivity contribution in [2.45, 2.75) is 33.7 Å². The summed E-state index contributed by atoms with van der Waals surface area (Å²) < 4.78 is 6.44. The van der Waals surface area contributed by atoms with Gasteiger partial charge in [-0.05, 0) is 13.8 Å². The van der Waals surface area contributed by atoms with E-state index in [2.05, 4.69) is 17.0 Å². The van der Waals surface area contributed by atoms with Crippen LogP contribution in [0.3, 0.4) is 0 Å². The van der Waals surface area contributed by atoms with Crippen molar-refractivity contribution in [3.8, 4) is 5.88 Å². The summed E-state index contributed by atoms with van der Waals surface area (Å²) in [4.78, 5) is 0. The van der Waals surface area contributed by atoms with Crippen molar-refractivity contribution in [3.05, 3.63) is 6.20 Å². The molecule has 1 aromatic rings. The zero-order valence-corrected chi connectivity index (χ0v) is 14.5. The predicted molar refractivity (Wildman–Crippen MR) is 63.3 cm³/mol. The van der Waals surface area contributed by atoms with Gasteiger partial charge in [0.1, 0.15) is 0 Å². The third-order valence-corrected chi connectivity index (χ3v) is 3.41. The molecule has 1 heterocycles. The number of hydrogen-bond acceptors (Lipinski definition) is 4. The molecule has 1 rings (SSSR count). The minimum atomic E-state index is -0.0244. The molecule has 1 aromatic heterocycles. The van der Waals surface area contributed by atoms with Gasteiger partial charge in [0.2, 0.25) is 0 Å². The van der Waals surface area contributed by atoms with Crippen molar-refractivity contribution >= 4 is 5.78 Å². The molecule has 1 atom stereocenters. The first-order valence-electron chi connectivity index (χ1n) is 5.03. The molecule has 0 spiro atoms. The molecule has 0 fully saturated rings. The molecule has 0 aliphatic rings. The number of rotatable bonds is 2. The van der Waals surface area contributed by atoms with Crippen LogP contribution in [0.5, 0.6) is 5.88 Å². The molecular weight excluding hydrogens is 397 g/mol. The van der Waals surface area contributed by atoms with Crippen molar-refractivity contribution < 1.29 is 28.4 Å². The van der Waals surface area contributed by atoms with E-state index in [-0.39, 0.29) is 17.7 Å². The van der Waals surface area contributed by atoms with Gasteiger partial charge in [-0.3, -0.25) is 0 Å². The second kappa shape index (κ2) is 11.4. The monoisotopic (exact) mass is 418 g/mol. The van der Waals surface area contributed by atoms with Gasteiger partial charge >= 0.3 is 42.9 Å². The fourth-order valence-electron chi connectivity index (χ4n) is 0.520. The topological polar surface area (TPSA) is 60.2 Å². The summed E-state index contributed by atoms with van der Waals surface area (Å²) in [5.41, 5.74) is 0. The Labute approximate surface area is 109 Å². The van der Waals surface area contributed by atoms with Crippen LogP contribution in [0.4, 0.5) is 0 Å². The summed E-state index contributed by atoms with van der Waals surface area (Å²) in [6.07, 6.45) is 1.49. The van der Waals surface area contributed by atoms with E-state index >= 15 is 0 Å². The minimum absolute atomic E-state index is 0.0149. The first-order chi connectivity index (χ1) is 7.47. The van der Waals surface area contributed by atoms with Gasteiger partial charge in [-0.1, -0.05) is 24.2 Å². The van der Waals surface area contributed by atoms with Gasteiger partial charge in [0, 0.05) is 6.04 Å². The summed E-state index contributed by atoms with van der Waals surface area (Å²) >= 11 is 1.55. The van der Waals surface area contributed by atoms with Crippen molar-refractivity contribution in [2.75, 3.05) is 13.8 Å². The number of aromatic hydroxyl groups is 1. The molecule has 0 aromatic carbocycles. The Bertz CT molecular complexity index is 292. The molecule has 0 aliphatic carbocycles. The summed E-state index contributed by atoms with van der Waals surface area (Å²) in [6.45, 7) is 10.0. The SMILES string of the molecule is CC.CC(C)n1cc(O)nn1.CO[P+](C)=[W]. The Morgan fingerprint density at radius 2 is 1.94 bits per heavy atom. The van der Waals surface area contributed by atoms with Gasteiger partial charge < -0.3 is 5.11 Å². The molecule has 0 bridgehead atoms. The van der Waals surface area contributed by atoms with Crippen LogP contribution >= 0.6 is 5.78 Å². The summed E-state index contributed by atoms with van der Waals surface area (Å²) in [7, 11) is 1.75. The van der Waals surface area contributed by atoms with Crippen LogP contribution in [0.25, 0.3) is 0 Å². The second-order valence-corrected chi connectivity index (χ2v) is 9.56. The Morgan fingerprint density at radius 1 is 1.50 bits per heavy atom. The standard InChI is InChI=1S/C5H9N3O.C2H6OP.C2H6.W/c1-4(2)8-3-5(9)6-7-8;1-3-4-2;1-2;/h3-4,9H,1-2H3;1-2H3;1-2H3;/q;-1;;+2. The van der Waals surface area contributed by atoms with Crippen LogP contribution < -0.4 is 0 Å². The molecule has 0 saturated heterocycles. The molecule has 1 unspecified atom stereocenters. The summed E-state index contributed by atoms with van der Waals surface area (Å²) in [5, 5.41) is 15.7. The van der Waals surface area contributed by atoms with Gasteiger partial charge in [-0.25, -0.2) is 4.68 Å². The maximum absolute atomic E-state index is 8.71. The molecule has 0 radical (unpaired) electrons. The molecular formula is C9H21N3O2PW+. The van der Waals surface area contributed by atoms with E-state index < -0.39 is 0 Å².